The van der Waals surface area contributed by atoms with E-state index in [1.54, 1.807) is 0 Å². The lowest BCUT2D eigenvalue weighted by molar-refractivity contribution is -0.144. The SMILES string of the molecule is CC(=O)Nc1cc(CNC(CCN(CC(=O)O)CC(=O)O)C(=O)O)c(O)c(CNC(CCN(CC(=O)O)CC(=O)O)C(=O)O)c1. The number of nitrogens with zero attached hydrogens (tertiary/aromatic N) is 2. The monoisotopic (exact) mass is 643 g/mol. The average molecular weight is 644 g/mol. The van der Waals surface area contributed by atoms with Crippen molar-refractivity contribution in [3.05, 3.63) is 23.3 Å². The van der Waals surface area contributed by atoms with Gasteiger partial charge in [-0.25, -0.2) is 0 Å². The van der Waals surface area contributed by atoms with E-state index in [9.17, 15) is 48.9 Å². The number of aliphatic carboxylic acids is 6. The van der Waals surface area contributed by atoms with Crippen molar-refractivity contribution in [1.29, 1.82) is 0 Å². The smallest absolute Gasteiger partial charge is 0.320 e. The number of phenolic OH excluding ortho intramolecular Hbond substituents is 1. The predicted octanol–water partition coefficient (Wildman–Crippen LogP) is -1.84. The molecule has 0 aromatic heterocycles. The molecule has 250 valence electrons. The minimum atomic E-state index is -1.34. The van der Waals surface area contributed by atoms with E-state index in [1.165, 1.54) is 19.1 Å². The van der Waals surface area contributed by atoms with E-state index in [-0.39, 0.29) is 61.6 Å². The third-order valence-electron chi connectivity index (χ3n) is 6.17. The molecule has 0 bridgehead atoms. The van der Waals surface area contributed by atoms with Gasteiger partial charge in [-0.15, -0.1) is 0 Å². The Kier molecular flexibility index (Phi) is 15.9. The zero-order valence-electron chi connectivity index (χ0n) is 24.3. The Bertz CT molecular complexity index is 1140. The van der Waals surface area contributed by atoms with Gasteiger partial charge in [-0.3, -0.25) is 43.4 Å². The second-order valence-corrected chi connectivity index (χ2v) is 9.94. The molecule has 0 spiro atoms. The Morgan fingerprint density at radius 2 is 0.978 bits per heavy atom. The van der Waals surface area contributed by atoms with Gasteiger partial charge >= 0.3 is 35.8 Å². The highest BCUT2D eigenvalue weighted by Crippen LogP contribution is 2.28. The van der Waals surface area contributed by atoms with Gasteiger partial charge in [0.25, 0.3) is 0 Å². The highest BCUT2D eigenvalue weighted by Gasteiger charge is 2.24. The van der Waals surface area contributed by atoms with Crippen LogP contribution < -0.4 is 16.0 Å². The number of amides is 1. The first kappa shape index (κ1) is 38.2. The summed E-state index contributed by atoms with van der Waals surface area (Å²) in [5.74, 6) is -8.78. The van der Waals surface area contributed by atoms with Crippen molar-refractivity contribution in [3.63, 3.8) is 0 Å². The summed E-state index contributed by atoms with van der Waals surface area (Å²) in [4.78, 5) is 81.6. The second-order valence-electron chi connectivity index (χ2n) is 9.94. The molecule has 19 nitrogen and oxygen atoms in total. The fraction of sp³-hybridized carbons (Fsp3) is 0.500. The Labute approximate surface area is 256 Å². The van der Waals surface area contributed by atoms with Crippen LogP contribution in [-0.4, -0.2) is 139 Å². The number of carbonyl (C=O) groups is 7. The second kappa shape index (κ2) is 18.7. The van der Waals surface area contributed by atoms with Crippen LogP contribution in [0.3, 0.4) is 0 Å². The lowest BCUT2D eigenvalue weighted by Gasteiger charge is -2.22. The van der Waals surface area contributed by atoms with E-state index >= 15 is 0 Å². The van der Waals surface area contributed by atoms with Crippen molar-refractivity contribution >= 4 is 47.4 Å². The van der Waals surface area contributed by atoms with Crippen LogP contribution in [-0.2, 0) is 46.7 Å². The number of carboxylic acid groups (broad SMARTS) is 6. The molecule has 0 heterocycles. The molecule has 1 aromatic carbocycles. The zero-order valence-corrected chi connectivity index (χ0v) is 24.3. The normalized spacial score (nSPS) is 12.4. The van der Waals surface area contributed by atoms with Gasteiger partial charge in [0.15, 0.2) is 0 Å². The molecule has 0 radical (unpaired) electrons. The first-order chi connectivity index (χ1) is 21.0. The van der Waals surface area contributed by atoms with E-state index in [0.29, 0.717) is 0 Å². The Morgan fingerprint density at radius 1 is 0.644 bits per heavy atom. The third kappa shape index (κ3) is 15.4. The van der Waals surface area contributed by atoms with Crippen LogP contribution in [0.25, 0.3) is 0 Å². The van der Waals surface area contributed by atoms with Crippen molar-refractivity contribution in [3.8, 4) is 5.75 Å². The largest absolute Gasteiger partial charge is 0.507 e. The molecular weight excluding hydrogens is 606 g/mol. The van der Waals surface area contributed by atoms with Crippen molar-refractivity contribution in [2.45, 2.75) is 44.9 Å². The highest BCUT2D eigenvalue weighted by molar-refractivity contribution is 5.89. The van der Waals surface area contributed by atoms with Gasteiger partial charge in [-0.05, 0) is 25.0 Å². The molecular formula is C26H37N5O14. The summed E-state index contributed by atoms with van der Waals surface area (Å²) in [5, 5.41) is 74.0. The summed E-state index contributed by atoms with van der Waals surface area (Å²) in [6, 6.07) is 0.0721. The van der Waals surface area contributed by atoms with Gasteiger partial charge in [0.05, 0.1) is 26.2 Å². The number of anilines is 1. The van der Waals surface area contributed by atoms with Gasteiger partial charge in [-0.2, -0.15) is 0 Å². The zero-order chi connectivity index (χ0) is 34.3. The van der Waals surface area contributed by atoms with Crippen molar-refractivity contribution in [2.75, 3.05) is 44.6 Å². The molecule has 19 heteroatoms. The molecule has 0 saturated heterocycles. The first-order valence-electron chi connectivity index (χ1n) is 13.3. The molecule has 2 atom stereocenters. The molecule has 0 fully saturated rings. The summed E-state index contributed by atoms with van der Waals surface area (Å²) in [6.07, 6.45) is -0.422. The minimum absolute atomic E-state index is 0.0956. The molecule has 0 saturated carbocycles. The van der Waals surface area contributed by atoms with E-state index < -0.39 is 80.0 Å². The van der Waals surface area contributed by atoms with Crippen LogP contribution in [0, 0.1) is 0 Å². The molecule has 2 unspecified atom stereocenters. The van der Waals surface area contributed by atoms with E-state index in [1.807, 2.05) is 0 Å². The Hall–Kier alpha value is -4.85. The van der Waals surface area contributed by atoms with Crippen LogP contribution >= 0.6 is 0 Å². The quantitative estimate of drug-likeness (QED) is 0.0586. The molecule has 0 aliphatic carbocycles. The number of aromatic hydroxyl groups is 1. The van der Waals surface area contributed by atoms with Crippen LogP contribution in [0.5, 0.6) is 5.75 Å². The molecule has 0 aliphatic heterocycles. The third-order valence-corrected chi connectivity index (χ3v) is 6.17. The lowest BCUT2D eigenvalue weighted by atomic mass is 10.0. The number of phenols is 1. The van der Waals surface area contributed by atoms with Crippen LogP contribution in [0.4, 0.5) is 5.69 Å². The van der Waals surface area contributed by atoms with Crippen LogP contribution in [0.15, 0.2) is 12.1 Å². The number of carbonyl (C=O) groups excluding carboxylic acids is 1. The van der Waals surface area contributed by atoms with E-state index in [2.05, 4.69) is 16.0 Å². The number of hydrogen-bond acceptors (Lipinski definition) is 12. The Morgan fingerprint density at radius 3 is 1.24 bits per heavy atom. The van der Waals surface area contributed by atoms with Crippen molar-refractivity contribution in [1.82, 2.24) is 20.4 Å². The van der Waals surface area contributed by atoms with Gasteiger partial charge < -0.3 is 51.7 Å². The first-order valence-corrected chi connectivity index (χ1v) is 13.3. The van der Waals surface area contributed by atoms with Gasteiger partial charge in [-0.1, -0.05) is 0 Å². The van der Waals surface area contributed by atoms with Crippen molar-refractivity contribution < 1.29 is 69.3 Å². The molecule has 10 N–H and O–H groups in total. The van der Waals surface area contributed by atoms with Crippen LogP contribution in [0.2, 0.25) is 0 Å². The topological polar surface area (TPSA) is 304 Å². The van der Waals surface area contributed by atoms with Crippen molar-refractivity contribution in [2.24, 2.45) is 0 Å². The number of nitrogens with one attached hydrogen (secondary N) is 3. The maximum Gasteiger partial charge on any atom is 0.320 e. The van der Waals surface area contributed by atoms with E-state index in [0.717, 1.165) is 9.80 Å². The molecule has 1 aromatic rings. The fourth-order valence-electron chi connectivity index (χ4n) is 4.21. The summed E-state index contributed by atoms with van der Waals surface area (Å²) in [7, 11) is 0. The summed E-state index contributed by atoms with van der Waals surface area (Å²) in [5.41, 5.74) is 0.368. The summed E-state index contributed by atoms with van der Waals surface area (Å²) < 4.78 is 0. The fourth-order valence-corrected chi connectivity index (χ4v) is 4.21. The highest BCUT2D eigenvalue weighted by atomic mass is 16.4. The van der Waals surface area contributed by atoms with E-state index in [4.69, 9.17) is 20.4 Å². The van der Waals surface area contributed by atoms with Gasteiger partial charge in [0.2, 0.25) is 5.91 Å². The standard InChI is InChI=1S/C26H37N5O14/c1-14(32)29-17-6-15(8-27-18(25(42)43)2-4-30(10-20(33)34)11-21(35)36)24(41)16(7-17)9-28-19(26(44)45)3-5-31(12-22(37)38)13-23(39)40/h6-7,18-19,27-28,41H,2-5,8-13H2,1H3,(H,29,32)(H,33,34)(H,35,36)(H,37,38)(H,39,40)(H,42,43)(H,44,45). The number of hydrogen-bond donors (Lipinski definition) is 10. The summed E-state index contributed by atoms with van der Waals surface area (Å²) in [6.45, 7) is -2.32. The minimum Gasteiger partial charge on any atom is -0.507 e. The molecule has 0 aliphatic rings. The molecule has 45 heavy (non-hydrogen) atoms. The molecule has 1 amide bonds. The lowest BCUT2D eigenvalue weighted by Crippen LogP contribution is -2.42. The molecule has 1 rings (SSSR count). The van der Waals surface area contributed by atoms with Gasteiger partial charge in [0, 0.05) is 49.9 Å². The number of benzene rings is 1. The van der Waals surface area contributed by atoms with Crippen LogP contribution in [0.1, 0.15) is 30.9 Å². The Balaban J connectivity index is 3.12. The average Bonchev–Trinajstić information content (AvgIpc) is 2.88. The number of rotatable bonds is 23. The maximum absolute atomic E-state index is 11.8. The summed E-state index contributed by atoms with van der Waals surface area (Å²) >= 11 is 0. The predicted molar refractivity (Wildman–Crippen MR) is 152 cm³/mol. The van der Waals surface area contributed by atoms with Gasteiger partial charge in [0.1, 0.15) is 17.8 Å². The number of carboxylic acids is 6. The maximum atomic E-state index is 11.8.